The number of hydrogen-bond donors (Lipinski definition) is 0. The molecular formula is C27H25N3O3S. The van der Waals surface area contributed by atoms with Crippen LogP contribution in [0.4, 0.5) is 0 Å². The van der Waals surface area contributed by atoms with Crippen LogP contribution >= 0.6 is 11.3 Å². The Morgan fingerprint density at radius 1 is 1.00 bits per heavy atom. The van der Waals surface area contributed by atoms with Crippen molar-refractivity contribution < 1.29 is 14.0 Å². The third-order valence-electron chi connectivity index (χ3n) is 6.92. The van der Waals surface area contributed by atoms with Gasteiger partial charge in [0, 0.05) is 32.0 Å². The van der Waals surface area contributed by atoms with Crippen molar-refractivity contribution in [2.24, 2.45) is 0 Å². The average Bonchev–Trinajstić information content (AvgIpc) is 3.57. The fourth-order valence-electron chi connectivity index (χ4n) is 5.15. The quantitative estimate of drug-likeness (QED) is 0.428. The van der Waals surface area contributed by atoms with E-state index in [2.05, 4.69) is 12.1 Å². The van der Waals surface area contributed by atoms with Crippen LogP contribution in [0.3, 0.4) is 0 Å². The number of carbonyl (C=O) groups is 2. The van der Waals surface area contributed by atoms with Gasteiger partial charge in [0.25, 0.3) is 5.91 Å². The number of carbonyl (C=O) groups excluding carboxylic acids is 2. The predicted octanol–water partition coefficient (Wildman–Crippen LogP) is 4.86. The summed E-state index contributed by atoms with van der Waals surface area (Å²) >= 11 is 1.72. The lowest BCUT2D eigenvalue weighted by molar-refractivity contribution is -0.138. The Bertz CT molecular complexity index is 1310. The van der Waals surface area contributed by atoms with E-state index in [1.165, 1.54) is 11.0 Å². The standard InChI is InChI=1S/C27H25N3O3S/c31-26(29-13-5-9-20(16-29)25-28-21-10-3-4-12-24(21)34-25)22-15-18-7-1-2-8-19(18)17-30(22)27(32)23-11-6-14-33-23/h1-4,6-8,10-12,14,20,22H,5,9,13,15-17H2. The molecule has 34 heavy (non-hydrogen) atoms. The molecule has 1 fully saturated rings. The van der Waals surface area contributed by atoms with Crippen molar-refractivity contribution in [2.75, 3.05) is 13.1 Å². The predicted molar refractivity (Wildman–Crippen MR) is 131 cm³/mol. The summed E-state index contributed by atoms with van der Waals surface area (Å²) in [5.41, 5.74) is 3.23. The van der Waals surface area contributed by atoms with Gasteiger partial charge in [-0.3, -0.25) is 9.59 Å². The van der Waals surface area contributed by atoms with Gasteiger partial charge in [-0.2, -0.15) is 0 Å². The number of nitrogens with zero attached hydrogens (tertiary/aromatic N) is 3. The van der Waals surface area contributed by atoms with Crippen LogP contribution in [0.25, 0.3) is 10.2 Å². The van der Waals surface area contributed by atoms with Gasteiger partial charge in [0.2, 0.25) is 5.91 Å². The molecule has 4 heterocycles. The fraction of sp³-hybridized carbons (Fsp3) is 0.296. The molecule has 0 spiro atoms. The molecule has 4 aromatic rings. The normalized spacial score (nSPS) is 20.4. The van der Waals surface area contributed by atoms with Gasteiger partial charge in [0.05, 0.1) is 21.5 Å². The first-order chi connectivity index (χ1) is 16.7. The van der Waals surface area contributed by atoms with E-state index in [9.17, 15) is 9.59 Å². The maximum atomic E-state index is 13.9. The van der Waals surface area contributed by atoms with Crippen LogP contribution in [0, 0.1) is 0 Å². The number of fused-ring (bicyclic) bond motifs is 2. The van der Waals surface area contributed by atoms with Crippen LogP contribution in [0.2, 0.25) is 0 Å². The number of aromatic nitrogens is 1. The summed E-state index contributed by atoms with van der Waals surface area (Å²) in [6.45, 7) is 1.75. The lowest BCUT2D eigenvalue weighted by Crippen LogP contribution is -2.55. The van der Waals surface area contributed by atoms with Crippen molar-refractivity contribution in [3.63, 3.8) is 0 Å². The molecule has 6 nitrogen and oxygen atoms in total. The first-order valence-electron chi connectivity index (χ1n) is 11.7. The Labute approximate surface area is 201 Å². The third-order valence-corrected chi connectivity index (χ3v) is 8.12. The van der Waals surface area contributed by atoms with Crippen molar-refractivity contribution >= 4 is 33.4 Å². The van der Waals surface area contributed by atoms with E-state index in [0.717, 1.165) is 34.5 Å². The maximum Gasteiger partial charge on any atom is 0.290 e. The lowest BCUT2D eigenvalue weighted by Gasteiger charge is -2.40. The van der Waals surface area contributed by atoms with Crippen molar-refractivity contribution in [1.82, 2.24) is 14.8 Å². The van der Waals surface area contributed by atoms with Gasteiger partial charge >= 0.3 is 0 Å². The van der Waals surface area contributed by atoms with Gasteiger partial charge < -0.3 is 14.2 Å². The molecule has 2 unspecified atom stereocenters. The summed E-state index contributed by atoms with van der Waals surface area (Å²) in [6.07, 6.45) is 3.97. The van der Waals surface area contributed by atoms with Gasteiger partial charge in [0.1, 0.15) is 6.04 Å². The maximum absolute atomic E-state index is 13.9. The van der Waals surface area contributed by atoms with Crippen LogP contribution in [0.1, 0.15) is 45.4 Å². The van der Waals surface area contributed by atoms with Crippen LogP contribution in [0.5, 0.6) is 0 Å². The van der Waals surface area contributed by atoms with Gasteiger partial charge in [-0.05, 0) is 48.2 Å². The highest BCUT2D eigenvalue weighted by molar-refractivity contribution is 7.18. The molecule has 0 aliphatic carbocycles. The summed E-state index contributed by atoms with van der Waals surface area (Å²) < 4.78 is 6.57. The fourth-order valence-corrected chi connectivity index (χ4v) is 6.25. The number of benzene rings is 2. The number of furan rings is 1. The topological polar surface area (TPSA) is 66.7 Å². The van der Waals surface area contributed by atoms with E-state index >= 15 is 0 Å². The van der Waals surface area contributed by atoms with Crippen LogP contribution in [-0.2, 0) is 17.8 Å². The molecular weight excluding hydrogens is 446 g/mol. The largest absolute Gasteiger partial charge is 0.459 e. The van der Waals surface area contributed by atoms with E-state index in [1.54, 1.807) is 28.4 Å². The Hall–Kier alpha value is -3.45. The molecule has 172 valence electrons. The molecule has 2 atom stereocenters. The number of likely N-dealkylation sites (tertiary alicyclic amines) is 1. The zero-order chi connectivity index (χ0) is 23.1. The molecule has 0 bridgehead atoms. The highest BCUT2D eigenvalue weighted by Gasteiger charge is 2.39. The second kappa shape index (κ2) is 8.72. The number of hydrogen-bond acceptors (Lipinski definition) is 5. The second-order valence-electron chi connectivity index (χ2n) is 9.04. The first kappa shape index (κ1) is 21.1. The molecule has 2 aromatic heterocycles. The van der Waals surface area contributed by atoms with Crippen LogP contribution < -0.4 is 0 Å². The van der Waals surface area contributed by atoms with Crippen molar-refractivity contribution in [3.8, 4) is 0 Å². The SMILES string of the molecule is O=C(C1Cc2ccccc2CN1C(=O)c1ccco1)N1CCCC(c2nc3ccccc3s2)C1. The van der Waals surface area contributed by atoms with Gasteiger partial charge in [-0.15, -0.1) is 11.3 Å². The Kier molecular flexibility index (Phi) is 5.41. The second-order valence-corrected chi connectivity index (χ2v) is 10.1. The lowest BCUT2D eigenvalue weighted by atomic mass is 9.91. The molecule has 0 radical (unpaired) electrons. The summed E-state index contributed by atoms with van der Waals surface area (Å²) in [4.78, 5) is 35.7. The molecule has 2 aromatic carbocycles. The molecule has 2 aliphatic rings. The molecule has 2 aliphatic heterocycles. The van der Waals surface area contributed by atoms with Crippen molar-refractivity contribution in [1.29, 1.82) is 0 Å². The average molecular weight is 472 g/mol. The highest BCUT2D eigenvalue weighted by Crippen LogP contribution is 2.34. The summed E-state index contributed by atoms with van der Waals surface area (Å²) in [6, 6.07) is 19.1. The molecule has 0 saturated carbocycles. The minimum Gasteiger partial charge on any atom is -0.459 e. The third kappa shape index (κ3) is 3.80. The number of thiazole rings is 1. The number of para-hydroxylation sites is 1. The summed E-state index contributed by atoms with van der Waals surface area (Å²) in [5.74, 6) is 0.265. The number of amides is 2. The number of rotatable bonds is 3. The molecule has 1 saturated heterocycles. The summed E-state index contributed by atoms with van der Waals surface area (Å²) in [5, 5.41) is 1.09. The van der Waals surface area contributed by atoms with Crippen molar-refractivity contribution in [3.05, 3.63) is 88.8 Å². The van der Waals surface area contributed by atoms with Crippen LogP contribution in [-0.4, -0.2) is 45.7 Å². The van der Waals surface area contributed by atoms with E-state index in [0.29, 0.717) is 26.1 Å². The molecule has 6 rings (SSSR count). The molecule has 7 heteroatoms. The zero-order valence-electron chi connectivity index (χ0n) is 18.7. The van der Waals surface area contributed by atoms with Gasteiger partial charge in [-0.25, -0.2) is 4.98 Å². The van der Waals surface area contributed by atoms with Crippen molar-refractivity contribution in [2.45, 2.75) is 37.8 Å². The monoisotopic (exact) mass is 471 g/mol. The highest BCUT2D eigenvalue weighted by atomic mass is 32.1. The van der Waals surface area contributed by atoms with E-state index in [4.69, 9.17) is 9.40 Å². The van der Waals surface area contributed by atoms with E-state index in [1.807, 2.05) is 41.3 Å². The van der Waals surface area contributed by atoms with Gasteiger partial charge in [-0.1, -0.05) is 36.4 Å². The Morgan fingerprint density at radius 3 is 2.65 bits per heavy atom. The number of piperidine rings is 1. The van der Waals surface area contributed by atoms with Gasteiger partial charge in [0.15, 0.2) is 5.76 Å². The minimum absolute atomic E-state index is 0.0141. The van der Waals surface area contributed by atoms with E-state index in [-0.39, 0.29) is 23.5 Å². The van der Waals surface area contributed by atoms with Crippen LogP contribution in [0.15, 0.2) is 71.3 Å². The summed E-state index contributed by atoms with van der Waals surface area (Å²) in [7, 11) is 0. The smallest absolute Gasteiger partial charge is 0.290 e. The Balaban J connectivity index is 1.27. The minimum atomic E-state index is -0.540. The van der Waals surface area contributed by atoms with E-state index < -0.39 is 6.04 Å². The zero-order valence-corrected chi connectivity index (χ0v) is 19.5. The Morgan fingerprint density at radius 2 is 1.82 bits per heavy atom. The molecule has 0 N–H and O–H groups in total. The molecule has 2 amide bonds. The first-order valence-corrected chi connectivity index (χ1v) is 12.5.